The van der Waals surface area contributed by atoms with Gasteiger partial charge in [-0.1, -0.05) is 12.8 Å². The zero-order valence-corrected chi connectivity index (χ0v) is 13.5. The maximum absolute atomic E-state index is 10.9. The average Bonchev–Trinajstić information content (AvgIpc) is 2.79. The van der Waals surface area contributed by atoms with Crippen molar-refractivity contribution in [3.05, 3.63) is 23.3 Å². The van der Waals surface area contributed by atoms with Gasteiger partial charge < -0.3 is 15.3 Å². The van der Waals surface area contributed by atoms with Crippen LogP contribution in [0.25, 0.3) is 0 Å². The first-order chi connectivity index (χ1) is 10.9. The lowest BCUT2D eigenvalue weighted by Crippen LogP contribution is -2.50. The number of hydrogen-bond acceptors (Lipinski definition) is 3. The van der Waals surface area contributed by atoms with Crippen LogP contribution in [0.15, 0.2) is 12.1 Å². The van der Waals surface area contributed by atoms with Gasteiger partial charge in [-0.3, -0.25) is 0 Å². The third kappa shape index (κ3) is 1.82. The van der Waals surface area contributed by atoms with Gasteiger partial charge in [-0.05, 0) is 67.9 Å². The number of phenols is 2. The number of benzene rings is 1. The van der Waals surface area contributed by atoms with Crippen molar-refractivity contribution < 1.29 is 15.3 Å². The largest absolute Gasteiger partial charge is 0.508 e. The Morgan fingerprint density at radius 1 is 1.17 bits per heavy atom. The second-order valence-corrected chi connectivity index (χ2v) is 7.95. The maximum Gasteiger partial charge on any atom is 0.130 e. The van der Waals surface area contributed by atoms with Crippen LogP contribution in [0.1, 0.15) is 56.1 Å². The Kier molecular flexibility index (Phi) is 3.03. The van der Waals surface area contributed by atoms with Crippen molar-refractivity contribution in [1.29, 1.82) is 0 Å². The van der Waals surface area contributed by atoms with Gasteiger partial charge in [0.1, 0.15) is 17.1 Å². The first-order valence-corrected chi connectivity index (χ1v) is 8.64. The zero-order valence-electron chi connectivity index (χ0n) is 13.5. The van der Waals surface area contributed by atoms with E-state index < -0.39 is 5.60 Å². The quantitative estimate of drug-likeness (QED) is 0.644. The molecule has 3 N–H and O–H groups in total. The predicted molar refractivity (Wildman–Crippen MR) is 88.2 cm³/mol. The van der Waals surface area contributed by atoms with E-state index in [1.807, 2.05) is 0 Å². The highest BCUT2D eigenvalue weighted by Crippen LogP contribution is 2.64. The molecule has 0 saturated heterocycles. The summed E-state index contributed by atoms with van der Waals surface area (Å²) in [7, 11) is 0. The summed E-state index contributed by atoms with van der Waals surface area (Å²) in [6.07, 6.45) is 11.1. The SMILES string of the molecule is C#C[C@]1(O)CC[C@H]2[C@@H]3CCc4cc(O)cc(O)c4[C@H]3CCC21C. The number of rotatable bonds is 0. The van der Waals surface area contributed by atoms with Gasteiger partial charge in [-0.15, -0.1) is 6.42 Å². The van der Waals surface area contributed by atoms with Gasteiger partial charge in [-0.2, -0.15) is 0 Å². The Morgan fingerprint density at radius 3 is 2.70 bits per heavy atom. The summed E-state index contributed by atoms with van der Waals surface area (Å²) in [4.78, 5) is 0. The molecule has 3 nitrogen and oxygen atoms in total. The summed E-state index contributed by atoms with van der Waals surface area (Å²) in [6, 6.07) is 3.26. The fourth-order valence-electron chi connectivity index (χ4n) is 5.94. The number of fused-ring (bicyclic) bond motifs is 5. The Hall–Kier alpha value is -1.66. The van der Waals surface area contributed by atoms with Crippen molar-refractivity contribution in [1.82, 2.24) is 0 Å². The first-order valence-electron chi connectivity index (χ1n) is 8.64. The van der Waals surface area contributed by atoms with Crippen LogP contribution in [0.3, 0.4) is 0 Å². The van der Waals surface area contributed by atoms with Crippen LogP contribution in [-0.2, 0) is 6.42 Å². The molecule has 0 aromatic heterocycles. The van der Waals surface area contributed by atoms with Gasteiger partial charge in [-0.25, -0.2) is 0 Å². The van der Waals surface area contributed by atoms with Gasteiger partial charge in [0.15, 0.2) is 0 Å². The highest BCUT2D eigenvalue weighted by molar-refractivity contribution is 5.49. The fraction of sp³-hybridized carbons (Fsp3) is 0.600. The van der Waals surface area contributed by atoms with E-state index in [-0.39, 0.29) is 16.9 Å². The molecule has 0 spiro atoms. The van der Waals surface area contributed by atoms with E-state index in [9.17, 15) is 15.3 Å². The lowest BCUT2D eigenvalue weighted by Gasteiger charge is -2.52. The molecule has 122 valence electrons. The molecule has 4 rings (SSSR count). The predicted octanol–water partition coefficient (Wildman–Crippen LogP) is 3.32. The number of hydrogen-bond donors (Lipinski definition) is 3. The van der Waals surface area contributed by atoms with Crippen LogP contribution < -0.4 is 0 Å². The smallest absolute Gasteiger partial charge is 0.130 e. The molecule has 1 aromatic rings. The van der Waals surface area contributed by atoms with E-state index in [2.05, 4.69) is 12.8 Å². The minimum atomic E-state index is -0.986. The standard InChI is InChI=1S/C20H24O3/c1-3-20(23)9-7-16-14-5-4-12-10-13(21)11-17(22)18(12)15(14)6-8-19(16,20)2/h1,10-11,14-16,21-23H,4-9H2,2H3/t14-,15+,16+,19?,20+/m1/s1. The maximum atomic E-state index is 10.9. The molecule has 5 atom stereocenters. The summed E-state index contributed by atoms with van der Waals surface area (Å²) in [5, 5.41) is 31.0. The van der Waals surface area contributed by atoms with Crippen molar-refractivity contribution in [2.24, 2.45) is 17.3 Å². The van der Waals surface area contributed by atoms with E-state index in [0.717, 1.165) is 43.2 Å². The second-order valence-electron chi connectivity index (χ2n) is 7.95. The third-order valence-electron chi connectivity index (χ3n) is 7.17. The summed E-state index contributed by atoms with van der Waals surface area (Å²) in [6.45, 7) is 2.16. The van der Waals surface area contributed by atoms with E-state index in [1.165, 1.54) is 6.07 Å². The Morgan fingerprint density at radius 2 is 1.96 bits per heavy atom. The number of terminal acetylenes is 1. The number of aromatic hydroxyl groups is 2. The van der Waals surface area contributed by atoms with Gasteiger partial charge in [0.2, 0.25) is 0 Å². The highest BCUT2D eigenvalue weighted by Gasteiger charge is 2.61. The van der Waals surface area contributed by atoms with Crippen LogP contribution in [-0.4, -0.2) is 20.9 Å². The highest BCUT2D eigenvalue weighted by atomic mass is 16.3. The van der Waals surface area contributed by atoms with Crippen LogP contribution in [0.2, 0.25) is 0 Å². The van der Waals surface area contributed by atoms with Crippen LogP contribution >= 0.6 is 0 Å². The summed E-state index contributed by atoms with van der Waals surface area (Å²) < 4.78 is 0. The van der Waals surface area contributed by atoms with Crippen molar-refractivity contribution in [3.63, 3.8) is 0 Å². The van der Waals surface area contributed by atoms with Crippen molar-refractivity contribution in [3.8, 4) is 23.8 Å². The van der Waals surface area contributed by atoms with Gasteiger partial charge in [0.25, 0.3) is 0 Å². The molecule has 2 fully saturated rings. The molecule has 3 aliphatic carbocycles. The van der Waals surface area contributed by atoms with E-state index >= 15 is 0 Å². The normalized spacial score (nSPS) is 41.5. The lowest BCUT2D eigenvalue weighted by molar-refractivity contribution is -0.0648. The molecule has 3 aliphatic rings. The molecule has 2 saturated carbocycles. The van der Waals surface area contributed by atoms with Crippen molar-refractivity contribution in [2.75, 3.05) is 0 Å². The first kappa shape index (κ1) is 14.9. The minimum absolute atomic E-state index is 0.142. The van der Waals surface area contributed by atoms with Gasteiger partial charge in [0, 0.05) is 17.0 Å². The minimum Gasteiger partial charge on any atom is -0.508 e. The molecular weight excluding hydrogens is 288 g/mol. The van der Waals surface area contributed by atoms with Crippen LogP contribution in [0, 0.1) is 29.6 Å². The Labute approximate surface area is 137 Å². The molecule has 0 amide bonds. The summed E-state index contributed by atoms with van der Waals surface area (Å²) in [5.74, 6) is 4.23. The van der Waals surface area contributed by atoms with Gasteiger partial charge >= 0.3 is 0 Å². The number of phenolic OH excluding ortho intramolecular Hbond substituents is 2. The van der Waals surface area contributed by atoms with E-state index in [1.54, 1.807) is 6.07 Å². The van der Waals surface area contributed by atoms with Gasteiger partial charge in [0.05, 0.1) is 0 Å². The molecule has 3 heteroatoms. The van der Waals surface area contributed by atoms with E-state index in [0.29, 0.717) is 24.2 Å². The number of aliphatic hydroxyl groups is 1. The van der Waals surface area contributed by atoms with Crippen molar-refractivity contribution in [2.45, 2.75) is 57.0 Å². The zero-order chi connectivity index (χ0) is 16.4. The lowest BCUT2D eigenvalue weighted by atomic mass is 9.53. The summed E-state index contributed by atoms with van der Waals surface area (Å²) in [5.41, 5.74) is 0.905. The Bertz CT molecular complexity index is 704. The molecule has 0 aliphatic heterocycles. The molecule has 0 bridgehead atoms. The average molecular weight is 312 g/mol. The molecule has 0 heterocycles. The van der Waals surface area contributed by atoms with Crippen LogP contribution in [0.5, 0.6) is 11.5 Å². The van der Waals surface area contributed by atoms with Crippen molar-refractivity contribution >= 4 is 0 Å². The molecule has 0 radical (unpaired) electrons. The Balaban J connectivity index is 1.75. The third-order valence-corrected chi connectivity index (χ3v) is 7.17. The second kappa shape index (κ2) is 4.68. The fourth-order valence-corrected chi connectivity index (χ4v) is 5.94. The van der Waals surface area contributed by atoms with Crippen LogP contribution in [0.4, 0.5) is 0 Å². The number of aryl methyl sites for hydroxylation is 1. The molecule has 1 unspecified atom stereocenters. The topological polar surface area (TPSA) is 60.7 Å². The monoisotopic (exact) mass is 312 g/mol. The van der Waals surface area contributed by atoms with E-state index in [4.69, 9.17) is 6.42 Å². The molecular formula is C20H24O3. The molecule has 23 heavy (non-hydrogen) atoms. The summed E-state index contributed by atoms with van der Waals surface area (Å²) >= 11 is 0. The molecule has 1 aromatic carbocycles.